The molecular formula is C27H34N2O. The van der Waals surface area contributed by atoms with Crippen LogP contribution in [-0.2, 0) is 19.3 Å². The smallest absolute Gasteiger partial charge is 0.185 e. The van der Waals surface area contributed by atoms with Gasteiger partial charge in [-0.25, -0.2) is 4.98 Å². The molecule has 4 rings (SSSR count). The number of allylic oxidation sites excluding steroid dienone is 1. The largest absolute Gasteiger partial charge is 0.309 e. The summed E-state index contributed by atoms with van der Waals surface area (Å²) in [6.45, 7) is 3.06. The fraction of sp³-hybridized carbons (Fsp3) is 0.481. The summed E-state index contributed by atoms with van der Waals surface area (Å²) in [6.07, 6.45) is 11.0. The lowest BCUT2D eigenvalue weighted by atomic mass is 9.77. The number of nitrogens with zero attached hydrogens (tertiary/aromatic N) is 2. The van der Waals surface area contributed by atoms with Crippen molar-refractivity contribution in [3.05, 3.63) is 64.0 Å². The zero-order chi connectivity index (χ0) is 21.1. The first-order chi connectivity index (χ1) is 14.6. The monoisotopic (exact) mass is 402 g/mol. The minimum Gasteiger partial charge on any atom is -0.309 e. The standard InChI is InChI=1S/C27H34N2O/c1-4-5-13-22-23-14-9-12-20(17-19-10-7-6-8-11-19)25(23)28-26-24(22)16-15-21(27(26)30)18-29(2)3/h6-8,10-11,17,21H,4-5,9,12-16,18H2,1-3H3. The highest BCUT2D eigenvalue weighted by atomic mass is 16.1. The molecule has 1 atom stereocenters. The number of carbonyl (C=O) groups is 1. The molecule has 0 N–H and O–H groups in total. The molecule has 0 saturated carbocycles. The Morgan fingerprint density at radius 3 is 2.57 bits per heavy atom. The van der Waals surface area contributed by atoms with Crippen LogP contribution < -0.4 is 0 Å². The zero-order valence-electron chi connectivity index (χ0n) is 18.7. The van der Waals surface area contributed by atoms with E-state index in [2.05, 4.69) is 62.3 Å². The van der Waals surface area contributed by atoms with Gasteiger partial charge < -0.3 is 4.90 Å². The van der Waals surface area contributed by atoms with E-state index in [0.29, 0.717) is 0 Å². The van der Waals surface area contributed by atoms with Crippen molar-refractivity contribution in [2.45, 2.75) is 58.3 Å². The Balaban J connectivity index is 1.83. The van der Waals surface area contributed by atoms with Crippen LogP contribution in [0, 0.1) is 5.92 Å². The van der Waals surface area contributed by atoms with Crippen LogP contribution in [0.2, 0.25) is 0 Å². The van der Waals surface area contributed by atoms with Crippen LogP contribution >= 0.6 is 0 Å². The van der Waals surface area contributed by atoms with Gasteiger partial charge in [0.25, 0.3) is 0 Å². The van der Waals surface area contributed by atoms with E-state index in [1.54, 1.807) is 0 Å². The molecule has 1 unspecified atom stereocenters. The van der Waals surface area contributed by atoms with E-state index >= 15 is 0 Å². The van der Waals surface area contributed by atoms with E-state index in [0.717, 1.165) is 50.0 Å². The van der Waals surface area contributed by atoms with Crippen molar-refractivity contribution in [2.24, 2.45) is 5.92 Å². The van der Waals surface area contributed by atoms with Crippen LogP contribution in [0.15, 0.2) is 30.3 Å². The average molecular weight is 403 g/mol. The molecule has 0 bridgehead atoms. The van der Waals surface area contributed by atoms with E-state index in [-0.39, 0.29) is 11.7 Å². The molecule has 3 nitrogen and oxygen atoms in total. The number of rotatable bonds is 6. The first kappa shape index (κ1) is 21.0. The van der Waals surface area contributed by atoms with Crippen LogP contribution in [0.5, 0.6) is 0 Å². The third kappa shape index (κ3) is 4.27. The fourth-order valence-corrected chi connectivity index (χ4v) is 5.10. The molecule has 2 aliphatic carbocycles. The Kier molecular flexibility index (Phi) is 6.48. The van der Waals surface area contributed by atoms with Gasteiger partial charge in [0.1, 0.15) is 5.69 Å². The summed E-state index contributed by atoms with van der Waals surface area (Å²) in [4.78, 5) is 20.7. The second kappa shape index (κ2) is 9.26. The number of fused-ring (bicyclic) bond motifs is 2. The molecule has 3 heteroatoms. The summed E-state index contributed by atoms with van der Waals surface area (Å²) in [7, 11) is 4.10. The third-order valence-electron chi connectivity index (χ3n) is 6.55. The number of Topliss-reactive ketones (excluding diaryl/α,β-unsaturated/α-hetero) is 1. The van der Waals surface area contributed by atoms with Crippen LogP contribution in [0.25, 0.3) is 11.6 Å². The minimum absolute atomic E-state index is 0.0715. The first-order valence-corrected chi connectivity index (χ1v) is 11.6. The van der Waals surface area contributed by atoms with E-state index in [1.165, 1.54) is 47.1 Å². The molecule has 0 amide bonds. The zero-order valence-corrected chi connectivity index (χ0v) is 18.7. The van der Waals surface area contributed by atoms with Gasteiger partial charge in [0.2, 0.25) is 0 Å². The molecule has 30 heavy (non-hydrogen) atoms. The molecule has 0 fully saturated rings. The van der Waals surface area contributed by atoms with Crippen LogP contribution in [-0.4, -0.2) is 36.3 Å². The predicted molar refractivity (Wildman–Crippen MR) is 125 cm³/mol. The van der Waals surface area contributed by atoms with Crippen molar-refractivity contribution in [1.82, 2.24) is 9.88 Å². The maximum atomic E-state index is 13.4. The van der Waals surface area contributed by atoms with Crippen molar-refractivity contribution >= 4 is 17.4 Å². The lowest BCUT2D eigenvalue weighted by Gasteiger charge is -2.31. The molecule has 2 aromatic rings. The lowest BCUT2D eigenvalue weighted by Crippen LogP contribution is -2.34. The normalized spacial score (nSPS) is 19.8. The Labute approximate surface area is 181 Å². The average Bonchev–Trinajstić information content (AvgIpc) is 2.74. The summed E-state index contributed by atoms with van der Waals surface area (Å²) in [5.41, 5.74) is 8.54. The molecule has 1 heterocycles. The summed E-state index contributed by atoms with van der Waals surface area (Å²) in [5, 5.41) is 0. The number of benzene rings is 1. The summed E-state index contributed by atoms with van der Waals surface area (Å²) >= 11 is 0. The fourth-order valence-electron chi connectivity index (χ4n) is 5.10. The van der Waals surface area contributed by atoms with Gasteiger partial charge in [0.05, 0.1) is 5.69 Å². The molecule has 0 aliphatic heterocycles. The van der Waals surface area contributed by atoms with Crippen LogP contribution in [0.1, 0.15) is 77.5 Å². The van der Waals surface area contributed by atoms with E-state index in [9.17, 15) is 4.79 Å². The second-order valence-electron chi connectivity index (χ2n) is 9.14. The number of hydrogen-bond donors (Lipinski definition) is 0. The predicted octanol–water partition coefficient (Wildman–Crippen LogP) is 5.61. The molecule has 0 spiro atoms. The van der Waals surface area contributed by atoms with Gasteiger partial charge in [0.15, 0.2) is 5.78 Å². The Morgan fingerprint density at radius 2 is 1.83 bits per heavy atom. The van der Waals surface area contributed by atoms with Crippen molar-refractivity contribution in [1.29, 1.82) is 0 Å². The van der Waals surface area contributed by atoms with Crippen LogP contribution in [0.3, 0.4) is 0 Å². The van der Waals surface area contributed by atoms with Gasteiger partial charge >= 0.3 is 0 Å². The minimum atomic E-state index is 0.0715. The van der Waals surface area contributed by atoms with Gasteiger partial charge in [-0.2, -0.15) is 0 Å². The Morgan fingerprint density at radius 1 is 1.07 bits per heavy atom. The van der Waals surface area contributed by atoms with Gasteiger partial charge in [-0.15, -0.1) is 0 Å². The highest BCUT2D eigenvalue weighted by molar-refractivity contribution is 6.00. The first-order valence-electron chi connectivity index (χ1n) is 11.6. The topological polar surface area (TPSA) is 33.2 Å². The number of hydrogen-bond acceptors (Lipinski definition) is 3. The molecular weight excluding hydrogens is 368 g/mol. The number of ketones is 1. The molecule has 158 valence electrons. The van der Waals surface area contributed by atoms with Crippen molar-refractivity contribution in [3.63, 3.8) is 0 Å². The molecule has 0 saturated heterocycles. The van der Waals surface area contributed by atoms with Gasteiger partial charge in [-0.3, -0.25) is 4.79 Å². The molecule has 0 radical (unpaired) electrons. The van der Waals surface area contributed by atoms with Crippen molar-refractivity contribution in [2.75, 3.05) is 20.6 Å². The maximum Gasteiger partial charge on any atom is 0.185 e. The Bertz CT molecular complexity index is 943. The molecule has 2 aliphatic rings. The van der Waals surface area contributed by atoms with E-state index in [1.807, 2.05) is 0 Å². The summed E-state index contributed by atoms with van der Waals surface area (Å²) in [6, 6.07) is 10.5. The number of unbranched alkanes of at least 4 members (excludes halogenated alkanes) is 1. The number of aromatic nitrogens is 1. The SMILES string of the molecule is CCCCc1c2c(nc3c1CCCC3=Cc1ccccc1)C(=O)C(CN(C)C)CC2. The van der Waals surface area contributed by atoms with Crippen LogP contribution in [0.4, 0.5) is 0 Å². The highest BCUT2D eigenvalue weighted by Crippen LogP contribution is 2.38. The number of carbonyl (C=O) groups excluding carboxylic acids is 1. The maximum absolute atomic E-state index is 13.4. The molecule has 1 aromatic carbocycles. The summed E-state index contributed by atoms with van der Waals surface area (Å²) in [5.74, 6) is 0.331. The van der Waals surface area contributed by atoms with Gasteiger partial charge in [0, 0.05) is 12.5 Å². The third-order valence-corrected chi connectivity index (χ3v) is 6.55. The lowest BCUT2D eigenvalue weighted by molar-refractivity contribution is 0.0871. The highest BCUT2D eigenvalue weighted by Gasteiger charge is 2.33. The van der Waals surface area contributed by atoms with Gasteiger partial charge in [-0.1, -0.05) is 43.7 Å². The quantitative estimate of drug-likeness (QED) is 0.630. The van der Waals surface area contributed by atoms with Gasteiger partial charge in [-0.05, 0) is 92.9 Å². The number of pyridine rings is 1. The second-order valence-corrected chi connectivity index (χ2v) is 9.14. The Hall–Kier alpha value is -2.26. The van der Waals surface area contributed by atoms with E-state index in [4.69, 9.17) is 4.98 Å². The van der Waals surface area contributed by atoms with Crippen molar-refractivity contribution < 1.29 is 4.79 Å². The molecule has 1 aromatic heterocycles. The summed E-state index contributed by atoms with van der Waals surface area (Å²) < 4.78 is 0. The van der Waals surface area contributed by atoms with Crippen molar-refractivity contribution in [3.8, 4) is 0 Å². The van der Waals surface area contributed by atoms with E-state index < -0.39 is 0 Å².